The topological polar surface area (TPSA) is 155 Å². The van der Waals surface area contributed by atoms with Crippen LogP contribution in [0.5, 0.6) is 5.75 Å². The van der Waals surface area contributed by atoms with Gasteiger partial charge in [-0.1, -0.05) is 55.8 Å². The molecule has 0 radical (unpaired) electrons. The smallest absolute Gasteiger partial charge is 0.333 e. The molecule has 0 aliphatic rings. The molecule has 0 spiro atoms. The summed E-state index contributed by atoms with van der Waals surface area (Å²) in [5.41, 5.74) is 9.27. The average molecular weight is 580 g/mol. The first-order valence-corrected chi connectivity index (χ1v) is 14.1. The molecule has 0 aliphatic heterocycles. The first-order valence-electron chi connectivity index (χ1n) is 14.1. The molecule has 42 heavy (non-hydrogen) atoms. The third-order valence-corrected chi connectivity index (χ3v) is 6.69. The number of carbonyl (C=O) groups is 1. The van der Waals surface area contributed by atoms with Gasteiger partial charge in [0, 0.05) is 20.1 Å². The first-order chi connectivity index (χ1) is 20.2. The van der Waals surface area contributed by atoms with Crippen LogP contribution in [0.15, 0.2) is 59.4 Å². The zero-order valence-electron chi connectivity index (χ0n) is 24.7. The highest BCUT2D eigenvalue weighted by molar-refractivity contribution is 5.76. The third kappa shape index (κ3) is 8.48. The van der Waals surface area contributed by atoms with Crippen LogP contribution in [-0.4, -0.2) is 61.4 Å². The van der Waals surface area contributed by atoms with E-state index in [9.17, 15) is 14.7 Å². The molecule has 2 unspecified atom stereocenters. The summed E-state index contributed by atoms with van der Waals surface area (Å²) in [7, 11) is 1.77. The fourth-order valence-corrected chi connectivity index (χ4v) is 4.51. The van der Waals surface area contributed by atoms with E-state index in [0.29, 0.717) is 42.4 Å². The van der Waals surface area contributed by atoms with Crippen molar-refractivity contribution in [1.29, 1.82) is 0 Å². The number of fused-ring (bicyclic) bond motifs is 1. The highest BCUT2D eigenvalue weighted by Gasteiger charge is 2.18. The Labute approximate surface area is 245 Å². The number of nitrogens with two attached hydrogens (primary N) is 1. The van der Waals surface area contributed by atoms with Crippen LogP contribution in [0.1, 0.15) is 49.0 Å². The molecular formula is C31H41N5O6. The quantitative estimate of drug-likeness (QED) is 0.217. The minimum Gasteiger partial charge on any atom is -0.492 e. The molecule has 2 aromatic carbocycles. The van der Waals surface area contributed by atoms with Crippen LogP contribution in [0.3, 0.4) is 0 Å². The van der Waals surface area contributed by atoms with Gasteiger partial charge < -0.3 is 25.4 Å². The van der Waals surface area contributed by atoms with E-state index in [1.165, 1.54) is 0 Å². The number of benzene rings is 2. The molecule has 4 rings (SSSR count). The van der Waals surface area contributed by atoms with E-state index < -0.39 is 12.1 Å². The Balaban J connectivity index is 0.000000408. The maximum Gasteiger partial charge on any atom is 0.333 e. The van der Waals surface area contributed by atoms with E-state index >= 15 is 0 Å². The minimum atomic E-state index is -0.978. The fraction of sp³-hybridized carbons (Fsp3) is 0.419. The third-order valence-electron chi connectivity index (χ3n) is 6.69. The van der Waals surface area contributed by atoms with Gasteiger partial charge in [0.15, 0.2) is 11.6 Å². The van der Waals surface area contributed by atoms with E-state index in [1.807, 2.05) is 49.4 Å². The van der Waals surface area contributed by atoms with Crippen molar-refractivity contribution in [2.45, 2.75) is 58.7 Å². The highest BCUT2D eigenvalue weighted by atomic mass is 16.5. The Morgan fingerprint density at radius 2 is 1.79 bits per heavy atom. The van der Waals surface area contributed by atoms with Crippen molar-refractivity contribution in [2.24, 2.45) is 12.8 Å². The Kier molecular flexibility index (Phi) is 12.2. The molecule has 2 heterocycles. The zero-order valence-corrected chi connectivity index (χ0v) is 24.7. The lowest BCUT2D eigenvalue weighted by Crippen LogP contribution is -2.27. The standard InChI is InChI=1S/C23H30N4O5.C8H11NO/c1-5-7-18-20-21(26(4)25-18)22(28)27(15(3)24-20)12-13-32-17-10-8-16(9-11-17)14-19(23(29)30)31-6-2;9-8(6-10)7-4-2-1-3-5-7/h8-11,19H,5-7,12-14H2,1-4H3,(H,29,30);1-5,8,10H,6,9H2. The molecule has 2 atom stereocenters. The van der Waals surface area contributed by atoms with Crippen LogP contribution in [0.25, 0.3) is 11.0 Å². The number of hydrogen-bond acceptors (Lipinski definition) is 8. The van der Waals surface area contributed by atoms with Gasteiger partial charge in [-0.05, 0) is 43.5 Å². The van der Waals surface area contributed by atoms with Gasteiger partial charge in [0.1, 0.15) is 23.7 Å². The molecule has 0 fully saturated rings. The summed E-state index contributed by atoms with van der Waals surface area (Å²) < 4.78 is 14.3. The SMILES string of the molecule is CCCc1nn(C)c2c(=O)n(CCOc3ccc(CC(OCC)C(=O)O)cc3)c(C)nc12.NC(CO)c1ccccc1. The number of rotatable bonds is 13. The monoisotopic (exact) mass is 579 g/mol. The fourth-order valence-electron chi connectivity index (χ4n) is 4.51. The number of carboxylic acids is 1. The van der Waals surface area contributed by atoms with Gasteiger partial charge >= 0.3 is 5.97 Å². The van der Waals surface area contributed by atoms with Crippen LogP contribution >= 0.6 is 0 Å². The molecule has 0 saturated carbocycles. The van der Waals surface area contributed by atoms with E-state index in [4.69, 9.17) is 20.3 Å². The maximum atomic E-state index is 13.0. The largest absolute Gasteiger partial charge is 0.492 e. The van der Waals surface area contributed by atoms with Crippen LogP contribution in [0.4, 0.5) is 0 Å². The van der Waals surface area contributed by atoms with E-state index in [-0.39, 0.29) is 24.6 Å². The Morgan fingerprint density at radius 3 is 2.38 bits per heavy atom. The second-order valence-corrected chi connectivity index (χ2v) is 9.81. The number of ether oxygens (including phenoxy) is 2. The number of aliphatic hydroxyl groups excluding tert-OH is 1. The second-order valence-electron chi connectivity index (χ2n) is 9.81. The van der Waals surface area contributed by atoms with Crippen molar-refractivity contribution in [3.8, 4) is 5.75 Å². The molecule has 0 amide bonds. The minimum absolute atomic E-state index is 0.00398. The molecule has 11 heteroatoms. The Bertz CT molecular complexity index is 1480. The van der Waals surface area contributed by atoms with Crippen LogP contribution in [0.2, 0.25) is 0 Å². The molecule has 4 aromatic rings. The lowest BCUT2D eigenvalue weighted by molar-refractivity contribution is -0.149. The number of carboxylic acid groups (broad SMARTS) is 1. The lowest BCUT2D eigenvalue weighted by atomic mass is 10.1. The Hall–Kier alpha value is -4.06. The summed E-state index contributed by atoms with van der Waals surface area (Å²) in [5, 5.41) is 22.3. The summed E-state index contributed by atoms with van der Waals surface area (Å²) in [6.45, 7) is 6.65. The Morgan fingerprint density at radius 1 is 1.10 bits per heavy atom. The van der Waals surface area contributed by atoms with Gasteiger partial charge in [-0.25, -0.2) is 9.78 Å². The first kappa shape index (κ1) is 32.5. The zero-order chi connectivity index (χ0) is 30.6. The molecule has 226 valence electrons. The number of nitrogens with zero attached hydrogens (tertiary/aromatic N) is 4. The number of aliphatic carboxylic acids is 1. The summed E-state index contributed by atoms with van der Waals surface area (Å²) in [4.78, 5) is 28.9. The van der Waals surface area contributed by atoms with Crippen LogP contribution in [-0.2, 0) is 36.0 Å². The molecule has 0 aliphatic carbocycles. The number of aromatic nitrogens is 4. The van der Waals surface area contributed by atoms with E-state index in [1.54, 1.807) is 35.4 Å². The van der Waals surface area contributed by atoms with Gasteiger partial charge in [-0.2, -0.15) is 5.10 Å². The molecule has 2 aromatic heterocycles. The van der Waals surface area contributed by atoms with Gasteiger partial charge in [0.05, 0.1) is 24.9 Å². The lowest BCUT2D eigenvalue weighted by Gasteiger charge is -2.13. The van der Waals surface area contributed by atoms with Crippen molar-refractivity contribution >= 4 is 17.0 Å². The van der Waals surface area contributed by atoms with Gasteiger partial charge in [-0.15, -0.1) is 0 Å². The highest BCUT2D eigenvalue weighted by Crippen LogP contribution is 2.16. The number of aryl methyl sites for hydroxylation is 3. The molecule has 0 saturated heterocycles. The van der Waals surface area contributed by atoms with E-state index in [0.717, 1.165) is 29.7 Å². The summed E-state index contributed by atoms with van der Waals surface area (Å²) in [5.74, 6) is 0.291. The van der Waals surface area contributed by atoms with Gasteiger partial charge in [-0.3, -0.25) is 14.0 Å². The normalized spacial score (nSPS) is 12.4. The van der Waals surface area contributed by atoms with Gasteiger partial charge in [0.2, 0.25) is 0 Å². The summed E-state index contributed by atoms with van der Waals surface area (Å²) in [6, 6.07) is 16.5. The molecule has 0 bridgehead atoms. The molecular weight excluding hydrogens is 538 g/mol. The molecule has 11 nitrogen and oxygen atoms in total. The van der Waals surface area contributed by atoms with Crippen molar-refractivity contribution in [3.63, 3.8) is 0 Å². The number of aliphatic hydroxyl groups is 1. The predicted molar refractivity (Wildman–Crippen MR) is 161 cm³/mol. The van der Waals surface area contributed by atoms with Crippen molar-refractivity contribution in [1.82, 2.24) is 19.3 Å². The van der Waals surface area contributed by atoms with Crippen LogP contribution < -0.4 is 16.0 Å². The molecule has 4 N–H and O–H groups in total. The summed E-state index contributed by atoms with van der Waals surface area (Å²) in [6.07, 6.45) is 1.14. The van der Waals surface area contributed by atoms with Gasteiger partial charge in [0.25, 0.3) is 5.56 Å². The summed E-state index contributed by atoms with van der Waals surface area (Å²) >= 11 is 0. The van der Waals surface area contributed by atoms with Crippen LogP contribution in [0, 0.1) is 6.92 Å². The van der Waals surface area contributed by atoms with Crippen molar-refractivity contribution in [2.75, 3.05) is 19.8 Å². The second kappa shape index (κ2) is 15.8. The number of hydrogen-bond donors (Lipinski definition) is 3. The van der Waals surface area contributed by atoms with Crippen molar-refractivity contribution < 1.29 is 24.5 Å². The van der Waals surface area contributed by atoms with E-state index in [2.05, 4.69) is 17.0 Å². The van der Waals surface area contributed by atoms with Crippen molar-refractivity contribution in [3.05, 3.63) is 87.6 Å². The predicted octanol–water partition coefficient (Wildman–Crippen LogP) is 3.18. The average Bonchev–Trinajstić information content (AvgIpc) is 3.30. The maximum absolute atomic E-state index is 13.0.